The first-order chi connectivity index (χ1) is 8.22. The van der Waals surface area contributed by atoms with Crippen molar-refractivity contribution in [3.63, 3.8) is 0 Å². The van der Waals surface area contributed by atoms with E-state index in [1.165, 1.54) is 0 Å². The molecule has 96 valence electrons. The Morgan fingerprint density at radius 1 is 1.35 bits per heavy atom. The van der Waals surface area contributed by atoms with E-state index in [2.05, 4.69) is 10.2 Å². The van der Waals surface area contributed by atoms with Gasteiger partial charge in [0.15, 0.2) is 5.82 Å². The Morgan fingerprint density at radius 2 is 2.06 bits per heavy atom. The average Bonchev–Trinajstić information content (AvgIpc) is 3.05. The third-order valence-electron chi connectivity index (χ3n) is 2.60. The molecular formula is C10H15F2N3O2. The Labute approximate surface area is 97.4 Å². The van der Waals surface area contributed by atoms with Crippen LogP contribution >= 0.6 is 0 Å². The normalized spacial score (nSPS) is 15.8. The molecule has 1 saturated carbocycles. The first-order valence-corrected chi connectivity index (χ1v) is 5.61. The highest BCUT2D eigenvalue weighted by atomic mass is 19.3. The van der Waals surface area contributed by atoms with Crippen molar-refractivity contribution in [2.45, 2.75) is 38.3 Å². The van der Waals surface area contributed by atoms with Crippen molar-refractivity contribution in [3.8, 4) is 0 Å². The average molecular weight is 247 g/mol. The molecule has 5 nitrogen and oxygen atoms in total. The second-order valence-electron chi connectivity index (χ2n) is 4.01. The van der Waals surface area contributed by atoms with Crippen LogP contribution in [-0.2, 0) is 17.8 Å². The molecule has 7 heteroatoms. The number of alkyl halides is 2. The number of aromatic nitrogens is 3. The van der Waals surface area contributed by atoms with Crippen LogP contribution < -0.4 is 0 Å². The Morgan fingerprint density at radius 3 is 2.65 bits per heavy atom. The van der Waals surface area contributed by atoms with E-state index in [1.54, 1.807) is 0 Å². The van der Waals surface area contributed by atoms with Gasteiger partial charge in [0.2, 0.25) is 0 Å². The Hall–Kier alpha value is -1.08. The number of halogens is 2. The maximum atomic E-state index is 11.8. The maximum absolute atomic E-state index is 11.8. The smallest absolute Gasteiger partial charge is 0.261 e. The van der Waals surface area contributed by atoms with E-state index in [9.17, 15) is 8.78 Å². The first kappa shape index (κ1) is 12.4. The molecule has 0 unspecified atom stereocenters. The van der Waals surface area contributed by atoms with Crippen molar-refractivity contribution in [3.05, 3.63) is 11.6 Å². The van der Waals surface area contributed by atoms with Gasteiger partial charge in [0.05, 0.1) is 6.61 Å². The summed E-state index contributed by atoms with van der Waals surface area (Å²) in [6.07, 6.45) is 0.103. The molecule has 1 aromatic heterocycles. The first-order valence-electron chi connectivity index (χ1n) is 5.61. The number of hydrogen-bond donors (Lipinski definition) is 1. The van der Waals surface area contributed by atoms with Crippen LogP contribution in [0.25, 0.3) is 0 Å². The summed E-state index contributed by atoms with van der Waals surface area (Å²) >= 11 is 0. The minimum Gasteiger partial charge on any atom is -0.388 e. The van der Waals surface area contributed by atoms with Gasteiger partial charge in [0.1, 0.15) is 19.0 Å². The molecule has 0 atom stereocenters. The van der Waals surface area contributed by atoms with Crippen molar-refractivity contribution in [2.75, 3.05) is 13.2 Å². The van der Waals surface area contributed by atoms with E-state index in [0.29, 0.717) is 24.1 Å². The lowest BCUT2D eigenvalue weighted by Gasteiger charge is -2.07. The van der Waals surface area contributed by atoms with Crippen LogP contribution in [0.4, 0.5) is 8.78 Å². The molecule has 0 aliphatic heterocycles. The van der Waals surface area contributed by atoms with E-state index in [0.717, 1.165) is 12.8 Å². The van der Waals surface area contributed by atoms with E-state index in [1.807, 2.05) is 4.57 Å². The second-order valence-corrected chi connectivity index (χ2v) is 4.01. The van der Waals surface area contributed by atoms with Crippen LogP contribution in [0.5, 0.6) is 0 Å². The van der Waals surface area contributed by atoms with Crippen LogP contribution in [0.1, 0.15) is 30.5 Å². The molecule has 0 radical (unpaired) electrons. The summed E-state index contributed by atoms with van der Waals surface area (Å²) in [5, 5.41) is 16.9. The lowest BCUT2D eigenvalue weighted by Crippen LogP contribution is -2.11. The van der Waals surface area contributed by atoms with Crippen molar-refractivity contribution in [2.24, 2.45) is 0 Å². The molecule has 1 aromatic rings. The summed E-state index contributed by atoms with van der Waals surface area (Å²) in [7, 11) is 0. The zero-order chi connectivity index (χ0) is 12.3. The van der Waals surface area contributed by atoms with Crippen LogP contribution in [0, 0.1) is 0 Å². The van der Waals surface area contributed by atoms with Crippen molar-refractivity contribution in [1.82, 2.24) is 14.8 Å². The van der Waals surface area contributed by atoms with Crippen molar-refractivity contribution < 1.29 is 18.6 Å². The zero-order valence-corrected chi connectivity index (χ0v) is 9.35. The predicted octanol–water partition coefficient (Wildman–Crippen LogP) is 0.929. The number of aliphatic hydroxyl groups is 1. The fourth-order valence-corrected chi connectivity index (χ4v) is 1.73. The number of nitrogens with zero attached hydrogens (tertiary/aromatic N) is 3. The summed E-state index contributed by atoms with van der Waals surface area (Å²) in [5.74, 6) is 1.24. The highest BCUT2D eigenvalue weighted by molar-refractivity contribution is 5.02. The second kappa shape index (κ2) is 5.50. The summed E-state index contributed by atoms with van der Waals surface area (Å²) in [5.41, 5.74) is 0. The molecule has 1 N–H and O–H groups in total. The summed E-state index contributed by atoms with van der Waals surface area (Å²) < 4.78 is 30.4. The molecule has 17 heavy (non-hydrogen) atoms. The number of rotatable bonds is 7. The third kappa shape index (κ3) is 3.19. The topological polar surface area (TPSA) is 60.2 Å². The van der Waals surface area contributed by atoms with Crippen LogP contribution in [-0.4, -0.2) is 39.5 Å². The Balaban J connectivity index is 1.89. The Kier molecular flexibility index (Phi) is 4.01. The van der Waals surface area contributed by atoms with Crippen LogP contribution in [0.3, 0.4) is 0 Å². The van der Waals surface area contributed by atoms with Gasteiger partial charge >= 0.3 is 0 Å². The number of aliphatic hydroxyl groups excluding tert-OH is 1. The third-order valence-corrected chi connectivity index (χ3v) is 2.60. The molecular weight excluding hydrogens is 232 g/mol. The number of ether oxygens (including phenoxy) is 1. The molecule has 1 aliphatic carbocycles. The van der Waals surface area contributed by atoms with Crippen molar-refractivity contribution >= 4 is 0 Å². The lowest BCUT2D eigenvalue weighted by atomic mass is 10.4. The molecule has 1 aliphatic rings. The van der Waals surface area contributed by atoms with E-state index in [-0.39, 0.29) is 13.2 Å². The highest BCUT2D eigenvalue weighted by Crippen LogP contribution is 2.36. The van der Waals surface area contributed by atoms with Gasteiger partial charge in [-0.15, -0.1) is 10.2 Å². The van der Waals surface area contributed by atoms with Gasteiger partial charge in [0.25, 0.3) is 6.43 Å². The zero-order valence-electron chi connectivity index (χ0n) is 9.35. The van der Waals surface area contributed by atoms with E-state index < -0.39 is 13.0 Å². The fraction of sp³-hybridized carbons (Fsp3) is 0.800. The van der Waals surface area contributed by atoms with Gasteiger partial charge in [-0.2, -0.15) is 0 Å². The SMILES string of the molecule is OCc1nnc(CCOCC(F)F)n1C1CC1. The minimum absolute atomic E-state index is 0.151. The molecule has 1 heterocycles. The van der Waals surface area contributed by atoms with Crippen molar-refractivity contribution in [1.29, 1.82) is 0 Å². The van der Waals surface area contributed by atoms with Gasteiger partial charge in [-0.3, -0.25) is 0 Å². The fourth-order valence-electron chi connectivity index (χ4n) is 1.73. The summed E-state index contributed by atoms with van der Waals surface area (Å²) in [4.78, 5) is 0. The van der Waals surface area contributed by atoms with Gasteiger partial charge in [-0.25, -0.2) is 8.78 Å². The van der Waals surface area contributed by atoms with Gasteiger partial charge in [-0.05, 0) is 12.8 Å². The molecule has 0 amide bonds. The summed E-state index contributed by atoms with van der Waals surface area (Å²) in [6.45, 7) is -0.508. The monoisotopic (exact) mass is 247 g/mol. The maximum Gasteiger partial charge on any atom is 0.261 e. The Bertz CT molecular complexity index is 366. The van der Waals surface area contributed by atoms with E-state index >= 15 is 0 Å². The highest BCUT2D eigenvalue weighted by Gasteiger charge is 2.28. The molecule has 1 fully saturated rings. The molecule has 0 saturated heterocycles. The lowest BCUT2D eigenvalue weighted by molar-refractivity contribution is 0.0181. The van der Waals surface area contributed by atoms with E-state index in [4.69, 9.17) is 9.84 Å². The quantitative estimate of drug-likeness (QED) is 0.728. The van der Waals surface area contributed by atoms with Gasteiger partial charge in [-0.1, -0.05) is 0 Å². The molecule has 2 rings (SSSR count). The molecule has 0 aromatic carbocycles. The van der Waals surface area contributed by atoms with Gasteiger partial charge in [0, 0.05) is 12.5 Å². The standard InChI is InChI=1S/C10H15F2N3O2/c11-8(12)6-17-4-3-9-13-14-10(5-16)15(9)7-1-2-7/h7-8,16H,1-6H2. The van der Waals surface area contributed by atoms with Crippen LogP contribution in [0.15, 0.2) is 0 Å². The summed E-state index contributed by atoms with van der Waals surface area (Å²) in [6, 6.07) is 0.359. The molecule has 0 bridgehead atoms. The minimum atomic E-state index is -2.44. The largest absolute Gasteiger partial charge is 0.388 e. The van der Waals surface area contributed by atoms with Gasteiger partial charge < -0.3 is 14.4 Å². The molecule has 0 spiro atoms. The predicted molar refractivity (Wildman–Crippen MR) is 54.7 cm³/mol. The number of hydrogen-bond acceptors (Lipinski definition) is 4. The van der Waals surface area contributed by atoms with Crippen LogP contribution in [0.2, 0.25) is 0 Å².